The van der Waals surface area contributed by atoms with E-state index in [0.29, 0.717) is 17.5 Å². The smallest absolute Gasteiger partial charge is 0.164 e. The summed E-state index contributed by atoms with van der Waals surface area (Å²) in [6, 6.07) is 50.8. The predicted molar refractivity (Wildman–Crippen MR) is 198 cm³/mol. The Morgan fingerprint density at radius 3 is 1.77 bits per heavy atom. The fourth-order valence-electron chi connectivity index (χ4n) is 6.84. The number of thiazole rings is 1. The second-order valence-corrected chi connectivity index (χ2v) is 13.8. The quantitative estimate of drug-likeness (QED) is 0.189. The summed E-state index contributed by atoms with van der Waals surface area (Å²) < 4.78 is 1.10. The van der Waals surface area contributed by atoms with Gasteiger partial charge >= 0.3 is 0 Å². The molecule has 9 rings (SSSR count). The molecule has 0 amide bonds. The van der Waals surface area contributed by atoms with E-state index in [9.17, 15) is 0 Å². The van der Waals surface area contributed by atoms with Crippen molar-refractivity contribution in [1.82, 2.24) is 19.9 Å². The zero-order valence-corrected chi connectivity index (χ0v) is 27.4. The Hall–Kier alpha value is -5.78. The van der Waals surface area contributed by atoms with Gasteiger partial charge < -0.3 is 0 Å². The molecule has 228 valence electrons. The fraction of sp³-hybridized carbons (Fsp3) is 0.0698. The van der Waals surface area contributed by atoms with E-state index >= 15 is 0 Å². The maximum Gasteiger partial charge on any atom is 0.164 e. The van der Waals surface area contributed by atoms with Crippen LogP contribution in [0.2, 0.25) is 0 Å². The summed E-state index contributed by atoms with van der Waals surface area (Å²) in [6.07, 6.45) is 0. The van der Waals surface area contributed by atoms with Crippen LogP contribution in [0.25, 0.3) is 77.2 Å². The molecule has 1 aliphatic carbocycles. The van der Waals surface area contributed by atoms with E-state index in [-0.39, 0.29) is 5.41 Å². The second-order valence-electron chi connectivity index (χ2n) is 12.8. The van der Waals surface area contributed by atoms with E-state index in [0.717, 1.165) is 48.6 Å². The molecule has 4 nitrogen and oxygen atoms in total. The van der Waals surface area contributed by atoms with Crippen molar-refractivity contribution in [3.8, 4) is 67.0 Å². The van der Waals surface area contributed by atoms with E-state index in [1.165, 1.54) is 22.3 Å². The predicted octanol–water partition coefficient (Wildman–Crippen LogP) is 11.1. The Morgan fingerprint density at radius 2 is 1.00 bits per heavy atom. The lowest BCUT2D eigenvalue weighted by Crippen LogP contribution is -2.14. The summed E-state index contributed by atoms with van der Waals surface area (Å²) in [5, 5.41) is 1.01. The van der Waals surface area contributed by atoms with Crippen LogP contribution in [0.1, 0.15) is 25.0 Å². The molecule has 1 aliphatic rings. The maximum atomic E-state index is 5.07. The molecule has 0 unspecified atom stereocenters. The van der Waals surface area contributed by atoms with Gasteiger partial charge in [-0.1, -0.05) is 129 Å². The Labute approximate surface area is 283 Å². The lowest BCUT2D eigenvalue weighted by molar-refractivity contribution is 0.660. The molecule has 0 spiro atoms. The van der Waals surface area contributed by atoms with Crippen molar-refractivity contribution in [2.24, 2.45) is 0 Å². The molecule has 6 aromatic carbocycles. The monoisotopic (exact) mass is 634 g/mol. The summed E-state index contributed by atoms with van der Waals surface area (Å²) >= 11 is 1.71. The third kappa shape index (κ3) is 4.83. The second kappa shape index (κ2) is 11.2. The van der Waals surface area contributed by atoms with Crippen LogP contribution in [0.3, 0.4) is 0 Å². The van der Waals surface area contributed by atoms with E-state index < -0.39 is 0 Å². The van der Waals surface area contributed by atoms with Gasteiger partial charge in [0.2, 0.25) is 0 Å². The Balaban J connectivity index is 1.12. The molecule has 0 saturated heterocycles. The number of fused-ring (bicyclic) bond motifs is 4. The Morgan fingerprint density at radius 1 is 0.417 bits per heavy atom. The lowest BCUT2D eigenvalue weighted by atomic mass is 9.82. The molecule has 0 aliphatic heterocycles. The highest BCUT2D eigenvalue weighted by Crippen LogP contribution is 2.49. The number of nitrogens with zero attached hydrogens (tertiary/aromatic N) is 4. The van der Waals surface area contributed by atoms with Crippen LogP contribution < -0.4 is 0 Å². The number of aromatic nitrogens is 4. The molecule has 0 fully saturated rings. The number of hydrogen-bond donors (Lipinski definition) is 0. The highest BCUT2D eigenvalue weighted by Gasteiger charge is 2.35. The van der Waals surface area contributed by atoms with Crippen LogP contribution in [0.5, 0.6) is 0 Å². The topological polar surface area (TPSA) is 51.6 Å². The van der Waals surface area contributed by atoms with Gasteiger partial charge in [0.1, 0.15) is 5.01 Å². The van der Waals surface area contributed by atoms with Crippen LogP contribution in [-0.4, -0.2) is 19.9 Å². The summed E-state index contributed by atoms with van der Waals surface area (Å²) in [5.41, 5.74) is 12.5. The molecule has 0 N–H and O–H groups in total. The van der Waals surface area contributed by atoms with E-state index in [2.05, 4.69) is 123 Å². The van der Waals surface area contributed by atoms with Crippen LogP contribution in [0.15, 0.2) is 146 Å². The number of benzene rings is 6. The molecule has 48 heavy (non-hydrogen) atoms. The van der Waals surface area contributed by atoms with E-state index in [1.54, 1.807) is 11.3 Å². The normalized spacial score (nSPS) is 13.0. The van der Waals surface area contributed by atoms with Crippen LogP contribution >= 0.6 is 11.3 Å². The van der Waals surface area contributed by atoms with Crippen LogP contribution in [0, 0.1) is 0 Å². The van der Waals surface area contributed by atoms with Crippen molar-refractivity contribution in [3.05, 3.63) is 157 Å². The molecular formula is C43H30N4S. The molecular weight excluding hydrogens is 605 g/mol. The van der Waals surface area contributed by atoms with Gasteiger partial charge in [-0.25, -0.2) is 19.9 Å². The van der Waals surface area contributed by atoms with Crippen molar-refractivity contribution in [2.45, 2.75) is 19.3 Å². The largest absolute Gasteiger partial charge is 0.236 e. The first kappa shape index (κ1) is 28.4. The van der Waals surface area contributed by atoms with Crippen LogP contribution in [-0.2, 0) is 5.41 Å². The zero-order chi connectivity index (χ0) is 32.2. The molecule has 2 aromatic heterocycles. The van der Waals surface area contributed by atoms with Crippen LogP contribution in [0.4, 0.5) is 0 Å². The molecule has 0 atom stereocenters. The maximum absolute atomic E-state index is 5.07. The van der Waals surface area contributed by atoms with Gasteiger partial charge in [0.05, 0.1) is 10.2 Å². The van der Waals surface area contributed by atoms with Gasteiger partial charge in [0.15, 0.2) is 17.5 Å². The van der Waals surface area contributed by atoms with Gasteiger partial charge in [-0.3, -0.25) is 0 Å². The zero-order valence-electron chi connectivity index (χ0n) is 26.6. The molecule has 0 radical (unpaired) electrons. The van der Waals surface area contributed by atoms with Gasteiger partial charge in [-0.15, -0.1) is 11.3 Å². The molecule has 0 saturated carbocycles. The first-order valence-corrected chi connectivity index (χ1v) is 17.0. The third-order valence-corrected chi connectivity index (χ3v) is 10.4. The van der Waals surface area contributed by atoms with Gasteiger partial charge in [0.25, 0.3) is 0 Å². The fourth-order valence-corrected chi connectivity index (χ4v) is 7.84. The third-order valence-electron chi connectivity index (χ3n) is 9.37. The Kier molecular flexibility index (Phi) is 6.63. The molecule has 5 heteroatoms. The number of rotatable bonds is 5. The number of hydrogen-bond acceptors (Lipinski definition) is 5. The van der Waals surface area contributed by atoms with Crippen molar-refractivity contribution in [2.75, 3.05) is 0 Å². The molecule has 2 heterocycles. The van der Waals surface area contributed by atoms with Crippen molar-refractivity contribution < 1.29 is 0 Å². The first-order chi connectivity index (χ1) is 23.5. The average molecular weight is 635 g/mol. The van der Waals surface area contributed by atoms with E-state index in [1.807, 2.05) is 36.4 Å². The summed E-state index contributed by atoms with van der Waals surface area (Å²) in [4.78, 5) is 20.1. The summed E-state index contributed by atoms with van der Waals surface area (Å²) in [6.45, 7) is 4.63. The summed E-state index contributed by atoms with van der Waals surface area (Å²) in [7, 11) is 0. The van der Waals surface area contributed by atoms with E-state index in [4.69, 9.17) is 19.9 Å². The highest BCUT2D eigenvalue weighted by molar-refractivity contribution is 7.21. The summed E-state index contributed by atoms with van der Waals surface area (Å²) in [5.74, 6) is 1.92. The minimum absolute atomic E-state index is 0.0563. The van der Waals surface area contributed by atoms with Gasteiger partial charge in [0, 0.05) is 27.7 Å². The SMILES string of the molecule is CC1(C)c2ccccc2-c2ccc(-c3nc4ccc(-c5nc(-c6ccccc6)nc(-c6cccc(-c7ccccc7)c6)n5)cc4s3)cc21. The van der Waals surface area contributed by atoms with Gasteiger partial charge in [-0.2, -0.15) is 0 Å². The minimum Gasteiger partial charge on any atom is -0.236 e. The van der Waals surface area contributed by atoms with Crippen molar-refractivity contribution >= 4 is 21.6 Å². The highest BCUT2D eigenvalue weighted by atomic mass is 32.1. The lowest BCUT2D eigenvalue weighted by Gasteiger charge is -2.21. The average Bonchev–Trinajstić information content (AvgIpc) is 3.68. The van der Waals surface area contributed by atoms with Gasteiger partial charge in [-0.05, 0) is 63.7 Å². The standard InChI is InChI=1S/C43H30N4S/c1-43(2)35-19-10-9-18-33(35)34-22-20-32(25-36(34)43)42-44-37-23-21-31(26-38(37)48-42)41-46-39(28-14-7-4-8-15-28)45-40(47-41)30-17-11-16-29(24-30)27-12-5-3-6-13-27/h3-26H,1-2H3. The molecule has 8 aromatic rings. The Bertz CT molecular complexity index is 2480. The first-order valence-electron chi connectivity index (χ1n) is 16.1. The minimum atomic E-state index is -0.0563. The van der Waals surface area contributed by atoms with Crippen molar-refractivity contribution in [3.63, 3.8) is 0 Å². The van der Waals surface area contributed by atoms with Crippen molar-refractivity contribution in [1.29, 1.82) is 0 Å². The molecule has 0 bridgehead atoms.